The molecule has 1 heterocycles. The molecule has 0 amide bonds. The molecule has 104 valence electrons. The van der Waals surface area contributed by atoms with E-state index < -0.39 is 0 Å². The van der Waals surface area contributed by atoms with E-state index in [0.717, 1.165) is 31.4 Å². The maximum Gasteiger partial charge on any atom is 0.339 e. The van der Waals surface area contributed by atoms with Gasteiger partial charge in [-0.3, -0.25) is 4.98 Å². The SMILES string of the molecule is CCCc1nc2c(cc1C(=O)OCC)CCCCC2. The number of hydrogen-bond acceptors (Lipinski definition) is 3. The number of fused-ring (bicyclic) bond motifs is 1. The third-order valence-electron chi connectivity index (χ3n) is 3.61. The molecule has 19 heavy (non-hydrogen) atoms. The normalized spacial score (nSPS) is 14.6. The van der Waals surface area contributed by atoms with E-state index >= 15 is 0 Å². The molecule has 0 bridgehead atoms. The third kappa shape index (κ3) is 3.34. The highest BCUT2D eigenvalue weighted by Gasteiger charge is 2.18. The summed E-state index contributed by atoms with van der Waals surface area (Å²) in [5.41, 5.74) is 4.06. The first-order chi connectivity index (χ1) is 9.26. The molecule has 0 atom stereocenters. The lowest BCUT2D eigenvalue weighted by molar-refractivity contribution is 0.0524. The smallest absolute Gasteiger partial charge is 0.339 e. The van der Waals surface area contributed by atoms with Gasteiger partial charge >= 0.3 is 5.97 Å². The first kappa shape index (κ1) is 14.0. The van der Waals surface area contributed by atoms with Crippen molar-refractivity contribution >= 4 is 5.97 Å². The number of hydrogen-bond donors (Lipinski definition) is 0. The highest BCUT2D eigenvalue weighted by molar-refractivity contribution is 5.90. The van der Waals surface area contributed by atoms with E-state index in [9.17, 15) is 4.79 Å². The van der Waals surface area contributed by atoms with Gasteiger partial charge in [-0.2, -0.15) is 0 Å². The summed E-state index contributed by atoms with van der Waals surface area (Å²) < 4.78 is 5.16. The summed E-state index contributed by atoms with van der Waals surface area (Å²) in [4.78, 5) is 16.8. The van der Waals surface area contributed by atoms with E-state index in [4.69, 9.17) is 9.72 Å². The largest absolute Gasteiger partial charge is 0.462 e. The van der Waals surface area contributed by atoms with Gasteiger partial charge in [0.1, 0.15) is 0 Å². The molecule has 1 aliphatic carbocycles. The number of carbonyl (C=O) groups excluding carboxylic acids is 1. The summed E-state index contributed by atoms with van der Waals surface area (Å²) in [6.45, 7) is 4.37. The van der Waals surface area contributed by atoms with Gasteiger partial charge in [-0.25, -0.2) is 4.79 Å². The van der Waals surface area contributed by atoms with Crippen LogP contribution < -0.4 is 0 Å². The Morgan fingerprint density at radius 2 is 2.05 bits per heavy atom. The number of pyridine rings is 1. The number of aryl methyl sites for hydroxylation is 3. The number of ether oxygens (including phenoxy) is 1. The van der Waals surface area contributed by atoms with E-state index in [2.05, 4.69) is 6.92 Å². The lowest BCUT2D eigenvalue weighted by Crippen LogP contribution is -2.12. The molecule has 0 fully saturated rings. The standard InChI is InChI=1S/C16H23NO2/c1-3-8-15-13(16(18)19-4-2)11-12-9-6-5-7-10-14(12)17-15/h11H,3-10H2,1-2H3. The van der Waals surface area contributed by atoms with Crippen molar-refractivity contribution < 1.29 is 9.53 Å². The Morgan fingerprint density at radius 1 is 1.26 bits per heavy atom. The van der Waals surface area contributed by atoms with Gasteiger partial charge in [0.2, 0.25) is 0 Å². The van der Waals surface area contributed by atoms with Crippen molar-refractivity contribution in [2.75, 3.05) is 6.61 Å². The van der Waals surface area contributed by atoms with Gasteiger partial charge in [0.15, 0.2) is 0 Å². The number of carbonyl (C=O) groups is 1. The van der Waals surface area contributed by atoms with Crippen LogP contribution in [0.3, 0.4) is 0 Å². The average Bonchev–Trinajstić information content (AvgIpc) is 2.63. The fourth-order valence-corrected chi connectivity index (χ4v) is 2.67. The van der Waals surface area contributed by atoms with E-state index in [1.165, 1.54) is 30.5 Å². The van der Waals surface area contributed by atoms with Crippen molar-refractivity contribution in [3.05, 3.63) is 28.6 Å². The minimum Gasteiger partial charge on any atom is -0.462 e. The van der Waals surface area contributed by atoms with Crippen LogP contribution in [-0.4, -0.2) is 17.6 Å². The van der Waals surface area contributed by atoms with Crippen molar-refractivity contribution in [2.45, 2.75) is 58.8 Å². The Kier molecular flexibility index (Phi) is 4.94. The lowest BCUT2D eigenvalue weighted by atomic mass is 10.0. The molecule has 0 saturated heterocycles. The number of nitrogens with zero attached hydrogens (tertiary/aromatic N) is 1. The van der Waals surface area contributed by atoms with Crippen LogP contribution in [0.15, 0.2) is 6.07 Å². The van der Waals surface area contributed by atoms with Crippen molar-refractivity contribution in [2.24, 2.45) is 0 Å². The molecule has 0 spiro atoms. The molecule has 2 rings (SSSR count). The molecular formula is C16H23NO2. The Morgan fingerprint density at radius 3 is 2.79 bits per heavy atom. The van der Waals surface area contributed by atoms with Gasteiger partial charge < -0.3 is 4.74 Å². The zero-order valence-corrected chi connectivity index (χ0v) is 12.0. The second-order valence-electron chi connectivity index (χ2n) is 5.12. The van der Waals surface area contributed by atoms with Gasteiger partial charge in [0.25, 0.3) is 0 Å². The summed E-state index contributed by atoms with van der Waals surface area (Å²) in [7, 11) is 0. The zero-order chi connectivity index (χ0) is 13.7. The Balaban J connectivity index is 2.39. The maximum atomic E-state index is 12.0. The van der Waals surface area contributed by atoms with Crippen LogP contribution in [0.25, 0.3) is 0 Å². The maximum absolute atomic E-state index is 12.0. The third-order valence-corrected chi connectivity index (χ3v) is 3.61. The minimum absolute atomic E-state index is 0.217. The predicted molar refractivity (Wildman–Crippen MR) is 75.4 cm³/mol. The van der Waals surface area contributed by atoms with Crippen molar-refractivity contribution in [3.8, 4) is 0 Å². The fourth-order valence-electron chi connectivity index (χ4n) is 2.67. The monoisotopic (exact) mass is 261 g/mol. The molecule has 0 radical (unpaired) electrons. The molecule has 0 aliphatic heterocycles. The van der Waals surface area contributed by atoms with Crippen LogP contribution in [0.1, 0.15) is 66.8 Å². The van der Waals surface area contributed by atoms with Crippen molar-refractivity contribution in [3.63, 3.8) is 0 Å². The first-order valence-corrected chi connectivity index (χ1v) is 7.45. The van der Waals surface area contributed by atoms with Gasteiger partial charge in [0.05, 0.1) is 17.9 Å². The summed E-state index contributed by atoms with van der Waals surface area (Å²) in [6.07, 6.45) is 7.61. The topological polar surface area (TPSA) is 39.2 Å². The van der Waals surface area contributed by atoms with Crippen LogP contribution in [0.5, 0.6) is 0 Å². The quantitative estimate of drug-likeness (QED) is 0.615. The second kappa shape index (κ2) is 6.69. The van der Waals surface area contributed by atoms with E-state index in [1.54, 1.807) is 0 Å². The molecule has 1 aromatic rings. The minimum atomic E-state index is -0.217. The molecule has 0 saturated carbocycles. The second-order valence-corrected chi connectivity index (χ2v) is 5.12. The molecular weight excluding hydrogens is 238 g/mol. The van der Waals surface area contributed by atoms with Crippen LogP contribution in [-0.2, 0) is 24.0 Å². The highest BCUT2D eigenvalue weighted by atomic mass is 16.5. The summed E-state index contributed by atoms with van der Waals surface area (Å²) in [6, 6.07) is 2.04. The molecule has 3 nitrogen and oxygen atoms in total. The van der Waals surface area contributed by atoms with Crippen LogP contribution >= 0.6 is 0 Å². The van der Waals surface area contributed by atoms with Crippen LogP contribution in [0, 0.1) is 0 Å². The van der Waals surface area contributed by atoms with E-state index in [1.807, 2.05) is 13.0 Å². The zero-order valence-electron chi connectivity index (χ0n) is 12.0. The summed E-state index contributed by atoms with van der Waals surface area (Å²) in [5.74, 6) is -0.217. The van der Waals surface area contributed by atoms with E-state index in [-0.39, 0.29) is 5.97 Å². The fraction of sp³-hybridized carbons (Fsp3) is 0.625. The van der Waals surface area contributed by atoms with Crippen LogP contribution in [0.2, 0.25) is 0 Å². The first-order valence-electron chi connectivity index (χ1n) is 7.45. The number of esters is 1. The lowest BCUT2D eigenvalue weighted by Gasteiger charge is -2.12. The molecule has 0 aromatic carbocycles. The van der Waals surface area contributed by atoms with Crippen molar-refractivity contribution in [1.29, 1.82) is 0 Å². The number of rotatable bonds is 4. The predicted octanol–water partition coefficient (Wildman–Crippen LogP) is 3.48. The van der Waals surface area contributed by atoms with Crippen molar-refractivity contribution in [1.82, 2.24) is 4.98 Å². The van der Waals surface area contributed by atoms with E-state index in [0.29, 0.717) is 12.2 Å². The highest BCUT2D eigenvalue weighted by Crippen LogP contribution is 2.23. The molecule has 0 N–H and O–H groups in total. The van der Waals surface area contributed by atoms with Crippen LogP contribution in [0.4, 0.5) is 0 Å². The average molecular weight is 261 g/mol. The van der Waals surface area contributed by atoms with Gasteiger partial charge in [-0.15, -0.1) is 0 Å². The molecule has 0 unspecified atom stereocenters. The van der Waals surface area contributed by atoms with Gasteiger partial charge in [-0.1, -0.05) is 19.8 Å². The van der Waals surface area contributed by atoms with Gasteiger partial charge in [0, 0.05) is 5.69 Å². The summed E-state index contributed by atoms with van der Waals surface area (Å²) >= 11 is 0. The Labute approximate surface area is 115 Å². The molecule has 1 aliphatic rings. The van der Waals surface area contributed by atoms with Gasteiger partial charge in [-0.05, 0) is 50.7 Å². The Hall–Kier alpha value is -1.38. The Bertz CT molecular complexity index is 454. The molecule has 3 heteroatoms. The summed E-state index contributed by atoms with van der Waals surface area (Å²) in [5, 5.41) is 0. The molecule has 1 aromatic heterocycles. The number of aromatic nitrogens is 1.